The lowest BCUT2D eigenvalue weighted by Crippen LogP contribution is -1.91. The average Bonchev–Trinajstić information content (AvgIpc) is 2.37. The fourth-order valence-corrected chi connectivity index (χ4v) is 1.42. The molecule has 0 amide bonds. The number of nitro benzene ring substituents is 1. The molecule has 0 aliphatic carbocycles. The molecule has 6 nitrogen and oxygen atoms in total. The van der Waals surface area contributed by atoms with E-state index in [1.165, 1.54) is 30.6 Å². The fraction of sp³-hybridized carbons (Fsp3) is 0. The highest BCUT2D eigenvalue weighted by atomic mass is 16.6. The van der Waals surface area contributed by atoms with Crippen LogP contribution in [0.5, 0.6) is 5.75 Å². The summed E-state index contributed by atoms with van der Waals surface area (Å²) in [5.41, 5.74) is 0.874. The summed E-state index contributed by atoms with van der Waals surface area (Å²) < 4.78 is 0. The average molecular weight is 243 g/mol. The maximum Gasteiger partial charge on any atom is 0.276 e. The second kappa shape index (κ2) is 5.05. The molecular formula is C12H9N3O3. The molecule has 0 spiro atoms. The summed E-state index contributed by atoms with van der Waals surface area (Å²) in [6, 6.07) is 5.54. The lowest BCUT2D eigenvalue weighted by atomic mass is 10.1. The van der Waals surface area contributed by atoms with Crippen molar-refractivity contribution in [2.45, 2.75) is 0 Å². The molecule has 1 aromatic carbocycles. The number of benzene rings is 1. The minimum Gasteiger partial charge on any atom is -0.508 e. The second-order valence-corrected chi connectivity index (χ2v) is 3.47. The smallest absolute Gasteiger partial charge is 0.276 e. The molecule has 1 aromatic heterocycles. The third kappa shape index (κ3) is 2.67. The van der Waals surface area contributed by atoms with Crippen molar-refractivity contribution in [1.29, 1.82) is 0 Å². The van der Waals surface area contributed by atoms with Gasteiger partial charge in [0, 0.05) is 12.3 Å². The summed E-state index contributed by atoms with van der Waals surface area (Å²) in [5.74, 6) is -0.0251. The zero-order valence-corrected chi connectivity index (χ0v) is 9.22. The molecule has 0 saturated heterocycles. The number of aromatic nitrogens is 2. The molecule has 0 fully saturated rings. The number of aromatic hydroxyl groups is 1. The molecular weight excluding hydrogens is 234 g/mol. The maximum absolute atomic E-state index is 10.8. The van der Waals surface area contributed by atoms with Crippen LogP contribution >= 0.6 is 0 Å². The van der Waals surface area contributed by atoms with E-state index in [1.807, 2.05) is 0 Å². The number of nitrogens with zero attached hydrogens (tertiary/aromatic N) is 3. The second-order valence-electron chi connectivity index (χ2n) is 3.47. The molecule has 0 aliphatic rings. The topological polar surface area (TPSA) is 89.2 Å². The third-order valence-electron chi connectivity index (χ3n) is 2.25. The number of hydrogen-bond donors (Lipinski definition) is 1. The van der Waals surface area contributed by atoms with Gasteiger partial charge in [0.1, 0.15) is 12.1 Å². The van der Waals surface area contributed by atoms with Crippen molar-refractivity contribution in [2.75, 3.05) is 0 Å². The SMILES string of the molecule is O=[N+]([O-])c1ccc(O)cc1C=Cc1ccncn1. The summed E-state index contributed by atoms with van der Waals surface area (Å²) in [5, 5.41) is 20.1. The Morgan fingerprint density at radius 1 is 1.28 bits per heavy atom. The van der Waals surface area contributed by atoms with E-state index in [4.69, 9.17) is 0 Å². The van der Waals surface area contributed by atoms with Gasteiger partial charge in [-0.3, -0.25) is 10.1 Å². The summed E-state index contributed by atoms with van der Waals surface area (Å²) in [6.45, 7) is 0. The first-order valence-corrected chi connectivity index (χ1v) is 5.08. The van der Waals surface area contributed by atoms with Crippen molar-refractivity contribution < 1.29 is 10.0 Å². The number of rotatable bonds is 3. The lowest BCUT2D eigenvalue weighted by molar-refractivity contribution is -0.385. The Balaban J connectivity index is 2.36. The van der Waals surface area contributed by atoms with Crippen molar-refractivity contribution in [3.05, 3.63) is 58.2 Å². The van der Waals surface area contributed by atoms with Crippen LogP contribution in [0, 0.1) is 10.1 Å². The summed E-state index contributed by atoms with van der Waals surface area (Å²) in [6.07, 6.45) is 6.10. The third-order valence-corrected chi connectivity index (χ3v) is 2.25. The predicted molar refractivity (Wildman–Crippen MR) is 65.7 cm³/mol. The van der Waals surface area contributed by atoms with Crippen molar-refractivity contribution in [3.8, 4) is 5.75 Å². The van der Waals surface area contributed by atoms with Gasteiger partial charge < -0.3 is 5.11 Å². The van der Waals surface area contributed by atoms with E-state index in [0.717, 1.165) is 0 Å². The Kier molecular flexibility index (Phi) is 3.29. The minimum atomic E-state index is -0.501. The fourth-order valence-electron chi connectivity index (χ4n) is 1.42. The van der Waals surface area contributed by atoms with E-state index in [-0.39, 0.29) is 11.4 Å². The summed E-state index contributed by atoms with van der Waals surface area (Å²) in [4.78, 5) is 18.0. The Hall–Kier alpha value is -2.76. The van der Waals surface area contributed by atoms with Crippen molar-refractivity contribution >= 4 is 17.8 Å². The van der Waals surface area contributed by atoms with E-state index < -0.39 is 4.92 Å². The van der Waals surface area contributed by atoms with Crippen LogP contribution in [0.1, 0.15) is 11.3 Å². The highest BCUT2D eigenvalue weighted by Crippen LogP contribution is 2.24. The van der Waals surface area contributed by atoms with Crippen molar-refractivity contribution in [3.63, 3.8) is 0 Å². The molecule has 0 aliphatic heterocycles. The molecule has 0 atom stereocenters. The minimum absolute atomic E-state index is 0.0251. The van der Waals surface area contributed by atoms with Gasteiger partial charge in [-0.2, -0.15) is 0 Å². The van der Waals surface area contributed by atoms with Crippen LogP contribution in [0.2, 0.25) is 0 Å². The number of hydrogen-bond acceptors (Lipinski definition) is 5. The molecule has 0 radical (unpaired) electrons. The molecule has 0 saturated carbocycles. The zero-order chi connectivity index (χ0) is 13.0. The van der Waals surface area contributed by atoms with Crippen molar-refractivity contribution in [1.82, 2.24) is 9.97 Å². The van der Waals surface area contributed by atoms with E-state index >= 15 is 0 Å². The Bertz CT molecular complexity index is 597. The first-order chi connectivity index (χ1) is 8.66. The van der Waals surface area contributed by atoms with Crippen LogP contribution in [0.25, 0.3) is 12.2 Å². The van der Waals surface area contributed by atoms with E-state index in [2.05, 4.69) is 9.97 Å². The molecule has 0 bridgehead atoms. The summed E-state index contributed by atoms with van der Waals surface area (Å²) >= 11 is 0. The molecule has 2 rings (SSSR count). The molecule has 0 unspecified atom stereocenters. The Morgan fingerprint density at radius 2 is 2.11 bits per heavy atom. The first-order valence-electron chi connectivity index (χ1n) is 5.08. The quantitative estimate of drug-likeness (QED) is 0.659. The van der Waals surface area contributed by atoms with Gasteiger partial charge in [0.25, 0.3) is 5.69 Å². The van der Waals surface area contributed by atoms with Crippen LogP contribution in [0.15, 0.2) is 36.8 Å². The molecule has 90 valence electrons. The monoisotopic (exact) mass is 243 g/mol. The normalized spacial score (nSPS) is 10.7. The number of phenolic OH excluding ortho intramolecular Hbond substituents is 1. The lowest BCUT2D eigenvalue weighted by Gasteiger charge is -1.98. The van der Waals surface area contributed by atoms with Gasteiger partial charge in [-0.05, 0) is 30.4 Å². The van der Waals surface area contributed by atoms with Crippen LogP contribution < -0.4 is 0 Å². The first kappa shape index (κ1) is 11.7. The van der Waals surface area contributed by atoms with Gasteiger partial charge in [0.05, 0.1) is 16.2 Å². The molecule has 1 heterocycles. The molecule has 6 heteroatoms. The Labute approximate surface area is 102 Å². The van der Waals surface area contributed by atoms with E-state index in [9.17, 15) is 15.2 Å². The van der Waals surface area contributed by atoms with Gasteiger partial charge in [0.15, 0.2) is 0 Å². The van der Waals surface area contributed by atoms with Gasteiger partial charge in [-0.15, -0.1) is 0 Å². The van der Waals surface area contributed by atoms with E-state index in [0.29, 0.717) is 11.3 Å². The number of nitro groups is 1. The van der Waals surface area contributed by atoms with Crippen LogP contribution in [0.4, 0.5) is 5.69 Å². The highest BCUT2D eigenvalue weighted by molar-refractivity contribution is 5.73. The van der Waals surface area contributed by atoms with Gasteiger partial charge in [0.2, 0.25) is 0 Å². The molecule has 2 aromatic rings. The zero-order valence-electron chi connectivity index (χ0n) is 9.22. The largest absolute Gasteiger partial charge is 0.508 e. The number of phenols is 1. The van der Waals surface area contributed by atoms with Crippen LogP contribution in [0.3, 0.4) is 0 Å². The van der Waals surface area contributed by atoms with Crippen LogP contribution in [-0.2, 0) is 0 Å². The van der Waals surface area contributed by atoms with Crippen LogP contribution in [-0.4, -0.2) is 20.0 Å². The standard InChI is InChI=1S/C12H9N3O3/c16-11-3-4-12(15(17)18)9(7-11)1-2-10-5-6-13-8-14-10/h1-8,16H. The summed E-state index contributed by atoms with van der Waals surface area (Å²) in [7, 11) is 0. The van der Waals surface area contributed by atoms with E-state index in [1.54, 1.807) is 18.3 Å². The van der Waals surface area contributed by atoms with Crippen molar-refractivity contribution in [2.24, 2.45) is 0 Å². The Morgan fingerprint density at radius 3 is 2.78 bits per heavy atom. The molecule has 1 N–H and O–H groups in total. The predicted octanol–water partition coefficient (Wildman–Crippen LogP) is 2.26. The molecule has 18 heavy (non-hydrogen) atoms. The van der Waals surface area contributed by atoms with Gasteiger partial charge in [-0.1, -0.05) is 0 Å². The van der Waals surface area contributed by atoms with Gasteiger partial charge >= 0.3 is 0 Å². The maximum atomic E-state index is 10.8. The highest BCUT2D eigenvalue weighted by Gasteiger charge is 2.11. The van der Waals surface area contributed by atoms with Gasteiger partial charge in [-0.25, -0.2) is 9.97 Å².